The first-order valence-electron chi connectivity index (χ1n) is 5.32. The monoisotopic (exact) mass is 322 g/mol. The van der Waals surface area contributed by atoms with Gasteiger partial charge in [0.25, 0.3) is 0 Å². The van der Waals surface area contributed by atoms with Gasteiger partial charge < -0.3 is 5.32 Å². The number of hydrogen-bond acceptors (Lipinski definition) is 3. The average Bonchev–Trinajstić information content (AvgIpc) is 2.46. The van der Waals surface area contributed by atoms with E-state index in [1.807, 2.05) is 26.0 Å². The van der Waals surface area contributed by atoms with E-state index in [0.29, 0.717) is 6.04 Å². The van der Waals surface area contributed by atoms with Crippen molar-refractivity contribution in [2.24, 2.45) is 0 Å². The van der Waals surface area contributed by atoms with Crippen LogP contribution in [0.4, 0.5) is 5.69 Å². The fourth-order valence-corrected chi connectivity index (χ4v) is 2.71. The van der Waals surface area contributed by atoms with Crippen molar-refractivity contribution in [2.75, 3.05) is 11.9 Å². The molecule has 0 bridgehead atoms. The Labute approximate surface area is 115 Å². The van der Waals surface area contributed by atoms with Crippen LogP contribution in [-0.4, -0.2) is 12.6 Å². The Morgan fingerprint density at radius 1 is 1.44 bits per heavy atom. The molecule has 0 radical (unpaired) electrons. The molecule has 16 heavy (non-hydrogen) atoms. The molecule has 0 amide bonds. The maximum absolute atomic E-state index is 6.02. The molecular formula is C11H16BrClN2S. The Morgan fingerprint density at radius 2 is 2.12 bits per heavy atom. The number of hydrogen-bond donors (Lipinski definition) is 2. The molecule has 0 aromatic heterocycles. The summed E-state index contributed by atoms with van der Waals surface area (Å²) < 4.78 is 4.27. The zero-order valence-electron chi connectivity index (χ0n) is 9.60. The standard InChI is InChI=1S/C9H10BrClN2S.C2H6/c1-5-4-12-8-3-7(11)6(10)2-9(8)14-13-5;1-2/h2-3,5,12-13H,4H2,1H3;1-2H3/t5-;/m1./s1. The normalized spacial score (nSPS) is 18.7. The van der Waals surface area contributed by atoms with E-state index in [9.17, 15) is 0 Å². The fraction of sp³-hybridized carbons (Fsp3) is 0.455. The highest BCUT2D eigenvalue weighted by Crippen LogP contribution is 2.35. The van der Waals surface area contributed by atoms with Crippen molar-refractivity contribution in [1.29, 1.82) is 0 Å². The van der Waals surface area contributed by atoms with E-state index in [1.165, 1.54) is 4.90 Å². The summed E-state index contributed by atoms with van der Waals surface area (Å²) in [6, 6.07) is 4.43. The van der Waals surface area contributed by atoms with Crippen LogP contribution in [0.5, 0.6) is 0 Å². The predicted molar refractivity (Wildman–Crippen MR) is 77.4 cm³/mol. The predicted octanol–water partition coefficient (Wildman–Crippen LogP) is 4.54. The van der Waals surface area contributed by atoms with Crippen molar-refractivity contribution in [1.82, 2.24) is 4.72 Å². The maximum Gasteiger partial charge on any atom is 0.0569 e. The molecule has 0 fully saturated rings. The van der Waals surface area contributed by atoms with Gasteiger partial charge in [0.15, 0.2) is 0 Å². The van der Waals surface area contributed by atoms with Crippen LogP contribution >= 0.6 is 39.5 Å². The first kappa shape index (κ1) is 14.2. The molecule has 90 valence electrons. The van der Waals surface area contributed by atoms with Gasteiger partial charge in [-0.3, -0.25) is 4.72 Å². The minimum atomic E-state index is 0.449. The smallest absolute Gasteiger partial charge is 0.0569 e. The van der Waals surface area contributed by atoms with Crippen molar-refractivity contribution in [3.05, 3.63) is 21.6 Å². The van der Waals surface area contributed by atoms with Crippen LogP contribution < -0.4 is 10.0 Å². The molecule has 0 unspecified atom stereocenters. The van der Waals surface area contributed by atoms with Gasteiger partial charge in [-0.25, -0.2) is 0 Å². The lowest BCUT2D eigenvalue weighted by Gasteiger charge is -2.08. The third-order valence-electron chi connectivity index (χ3n) is 1.99. The summed E-state index contributed by atoms with van der Waals surface area (Å²) in [5, 5.41) is 4.10. The zero-order valence-corrected chi connectivity index (χ0v) is 12.8. The molecular weight excluding hydrogens is 308 g/mol. The summed E-state index contributed by atoms with van der Waals surface area (Å²) in [6.45, 7) is 7.06. The number of fused-ring (bicyclic) bond motifs is 1. The molecule has 5 heteroatoms. The molecule has 1 aliphatic heterocycles. The van der Waals surface area contributed by atoms with Gasteiger partial charge >= 0.3 is 0 Å². The Bertz CT molecular complexity index is 327. The van der Waals surface area contributed by atoms with Gasteiger partial charge in [0, 0.05) is 22.0 Å². The molecule has 1 heterocycles. The highest BCUT2D eigenvalue weighted by atomic mass is 79.9. The lowest BCUT2D eigenvalue weighted by molar-refractivity contribution is 0.732. The van der Waals surface area contributed by atoms with Gasteiger partial charge in [0.05, 0.1) is 10.7 Å². The lowest BCUT2D eigenvalue weighted by Crippen LogP contribution is -2.25. The van der Waals surface area contributed by atoms with E-state index in [1.54, 1.807) is 11.9 Å². The molecule has 1 atom stereocenters. The Morgan fingerprint density at radius 3 is 2.81 bits per heavy atom. The second-order valence-electron chi connectivity index (χ2n) is 3.26. The Kier molecular flexibility index (Phi) is 5.97. The van der Waals surface area contributed by atoms with Crippen LogP contribution in [0, 0.1) is 0 Å². The molecule has 1 aromatic carbocycles. The highest BCUT2D eigenvalue weighted by Gasteiger charge is 2.13. The van der Waals surface area contributed by atoms with E-state index >= 15 is 0 Å². The third kappa shape index (κ3) is 3.55. The van der Waals surface area contributed by atoms with Crippen molar-refractivity contribution >= 4 is 45.2 Å². The van der Waals surface area contributed by atoms with Crippen LogP contribution in [-0.2, 0) is 0 Å². The maximum atomic E-state index is 6.02. The van der Waals surface area contributed by atoms with Crippen LogP contribution in [0.3, 0.4) is 0 Å². The van der Waals surface area contributed by atoms with Gasteiger partial charge in [0.2, 0.25) is 0 Å². The van der Waals surface area contributed by atoms with Crippen LogP contribution in [0.25, 0.3) is 0 Å². The SMILES string of the molecule is CC.C[C@@H]1CNc2cc(Cl)c(Br)cc2SN1. The number of anilines is 1. The third-order valence-corrected chi connectivity index (χ3v) is 4.27. The van der Waals surface area contributed by atoms with E-state index in [4.69, 9.17) is 11.6 Å². The quantitative estimate of drug-likeness (QED) is 0.685. The summed E-state index contributed by atoms with van der Waals surface area (Å²) >= 11 is 11.1. The molecule has 1 aliphatic rings. The summed E-state index contributed by atoms with van der Waals surface area (Å²) in [5.41, 5.74) is 1.10. The Hall–Kier alpha value is 0.1000. The fourth-order valence-electron chi connectivity index (χ4n) is 1.22. The molecule has 0 aliphatic carbocycles. The molecule has 2 nitrogen and oxygen atoms in total. The van der Waals surface area contributed by atoms with Crippen molar-refractivity contribution in [3.63, 3.8) is 0 Å². The molecule has 2 N–H and O–H groups in total. The summed E-state index contributed by atoms with van der Waals surface area (Å²) in [7, 11) is 0. The first-order valence-corrected chi connectivity index (χ1v) is 7.31. The summed E-state index contributed by atoms with van der Waals surface area (Å²) in [5.74, 6) is 0. The topological polar surface area (TPSA) is 24.1 Å². The van der Waals surface area contributed by atoms with Gasteiger partial charge in [-0.1, -0.05) is 25.4 Å². The first-order chi connectivity index (χ1) is 7.66. The van der Waals surface area contributed by atoms with Crippen molar-refractivity contribution in [3.8, 4) is 0 Å². The van der Waals surface area contributed by atoms with E-state index in [0.717, 1.165) is 21.7 Å². The second-order valence-corrected chi connectivity index (χ2v) is 5.41. The van der Waals surface area contributed by atoms with Crippen molar-refractivity contribution in [2.45, 2.75) is 31.7 Å². The number of rotatable bonds is 0. The van der Waals surface area contributed by atoms with Gasteiger partial charge in [0.1, 0.15) is 0 Å². The van der Waals surface area contributed by atoms with Crippen molar-refractivity contribution < 1.29 is 0 Å². The van der Waals surface area contributed by atoms with E-state index in [2.05, 4.69) is 32.9 Å². The number of nitrogens with one attached hydrogen (secondary N) is 2. The number of halogens is 2. The van der Waals surface area contributed by atoms with Crippen LogP contribution in [0.2, 0.25) is 5.02 Å². The molecule has 0 saturated heterocycles. The lowest BCUT2D eigenvalue weighted by atomic mass is 10.3. The molecule has 0 spiro atoms. The van der Waals surface area contributed by atoms with Gasteiger partial charge in [-0.2, -0.15) is 0 Å². The zero-order chi connectivity index (χ0) is 12.1. The largest absolute Gasteiger partial charge is 0.382 e. The van der Waals surface area contributed by atoms with E-state index < -0.39 is 0 Å². The molecule has 2 rings (SSSR count). The highest BCUT2D eigenvalue weighted by molar-refractivity contribution is 9.10. The average molecular weight is 324 g/mol. The molecule has 1 aromatic rings. The van der Waals surface area contributed by atoms with Gasteiger partial charge in [-0.05, 0) is 46.9 Å². The van der Waals surface area contributed by atoms with Crippen LogP contribution in [0.15, 0.2) is 21.5 Å². The second kappa shape index (κ2) is 6.74. The minimum Gasteiger partial charge on any atom is -0.382 e. The van der Waals surface area contributed by atoms with Gasteiger partial charge in [-0.15, -0.1) is 0 Å². The summed E-state index contributed by atoms with van der Waals surface area (Å²) in [6.07, 6.45) is 0. The minimum absolute atomic E-state index is 0.449. The molecule has 0 saturated carbocycles. The summed E-state index contributed by atoms with van der Waals surface area (Å²) in [4.78, 5) is 1.17. The number of benzene rings is 1. The van der Waals surface area contributed by atoms with Crippen LogP contribution in [0.1, 0.15) is 20.8 Å². The van der Waals surface area contributed by atoms with E-state index in [-0.39, 0.29) is 0 Å². The Balaban J connectivity index is 0.000000606.